The first kappa shape index (κ1) is 26.3. The van der Waals surface area contributed by atoms with Gasteiger partial charge in [-0.05, 0) is 44.1 Å². The molecule has 2 aromatic rings. The van der Waals surface area contributed by atoms with E-state index in [1.54, 1.807) is 43.5 Å². The molecule has 5 atom stereocenters. The summed E-state index contributed by atoms with van der Waals surface area (Å²) in [6.45, 7) is 0.720. The van der Waals surface area contributed by atoms with Crippen molar-refractivity contribution >= 4 is 17.9 Å². The van der Waals surface area contributed by atoms with E-state index in [1.165, 1.54) is 0 Å². The molecule has 2 bridgehead atoms. The molecule has 1 saturated heterocycles. The third-order valence-corrected chi connectivity index (χ3v) is 8.89. The first-order valence-electron chi connectivity index (χ1n) is 13.4. The van der Waals surface area contributed by atoms with Crippen LogP contribution >= 0.6 is 0 Å². The van der Waals surface area contributed by atoms with Crippen LogP contribution in [0.3, 0.4) is 0 Å². The Bertz CT molecular complexity index is 1410. The minimum Gasteiger partial charge on any atom is -0.493 e. The van der Waals surface area contributed by atoms with Crippen molar-refractivity contribution in [2.45, 2.75) is 61.4 Å². The molecule has 0 amide bonds. The molecule has 10 nitrogen and oxygen atoms in total. The van der Waals surface area contributed by atoms with E-state index in [4.69, 9.17) is 24.1 Å². The van der Waals surface area contributed by atoms with E-state index in [9.17, 15) is 19.5 Å². The molecule has 2 N–H and O–H groups in total. The number of hydrogen-bond acceptors (Lipinski definition) is 9. The smallest absolute Gasteiger partial charge is 0.357 e. The van der Waals surface area contributed by atoms with E-state index in [0.29, 0.717) is 29.9 Å². The van der Waals surface area contributed by atoms with Gasteiger partial charge in [0.25, 0.3) is 0 Å². The quantitative estimate of drug-likeness (QED) is 0.474. The van der Waals surface area contributed by atoms with E-state index >= 15 is 0 Å². The predicted octanol–water partition coefficient (Wildman–Crippen LogP) is 2.67. The zero-order chi connectivity index (χ0) is 28.2. The van der Waals surface area contributed by atoms with Crippen molar-refractivity contribution in [3.8, 4) is 11.5 Å². The number of likely N-dealkylation sites (N-methyl/N-ethyl adjacent to an activating group) is 1. The Morgan fingerprint density at radius 3 is 2.65 bits per heavy atom. The van der Waals surface area contributed by atoms with Gasteiger partial charge in [0.15, 0.2) is 17.6 Å². The number of carboxylic acids is 1. The molecule has 2 unspecified atom stereocenters. The fraction of sp³-hybridized carbons (Fsp3) is 0.433. The molecule has 2 heterocycles. The molecule has 10 heteroatoms. The Balaban J connectivity index is 1.36. The summed E-state index contributed by atoms with van der Waals surface area (Å²) in [6, 6.07) is 12.1. The van der Waals surface area contributed by atoms with Crippen LogP contribution in [0.1, 0.15) is 48.5 Å². The molecule has 4 aliphatic rings. The lowest BCUT2D eigenvalue weighted by molar-refractivity contribution is -0.176. The first-order chi connectivity index (χ1) is 19.2. The number of ether oxygens (including phenoxy) is 4. The van der Waals surface area contributed by atoms with Crippen molar-refractivity contribution < 1.29 is 43.5 Å². The first-order valence-corrected chi connectivity index (χ1v) is 13.4. The Hall–Kier alpha value is -3.89. The lowest BCUT2D eigenvalue weighted by Crippen LogP contribution is -2.74. The summed E-state index contributed by atoms with van der Waals surface area (Å²) in [7, 11) is 3.58. The second-order valence-electron chi connectivity index (χ2n) is 10.9. The zero-order valence-electron chi connectivity index (χ0n) is 22.3. The molecule has 210 valence electrons. The average Bonchev–Trinajstić information content (AvgIpc) is 3.30. The van der Waals surface area contributed by atoms with Gasteiger partial charge in [0, 0.05) is 23.6 Å². The highest BCUT2D eigenvalue weighted by molar-refractivity contribution is 5.83. The van der Waals surface area contributed by atoms with E-state index < -0.39 is 47.6 Å². The van der Waals surface area contributed by atoms with Gasteiger partial charge < -0.3 is 34.1 Å². The molecule has 1 spiro atoms. The molecular weight excluding hydrogens is 518 g/mol. The summed E-state index contributed by atoms with van der Waals surface area (Å²) in [4.78, 5) is 39.2. The second kappa shape index (κ2) is 9.64. The van der Waals surface area contributed by atoms with Gasteiger partial charge in [0.05, 0.1) is 31.0 Å². The highest BCUT2D eigenvalue weighted by Crippen LogP contribution is 2.65. The molecule has 0 aromatic heterocycles. The molecular formula is C30H31NO9. The number of nitrogens with zero attached hydrogens (tertiary/aromatic N) is 1. The predicted molar refractivity (Wildman–Crippen MR) is 140 cm³/mol. The van der Waals surface area contributed by atoms with Gasteiger partial charge in [0.1, 0.15) is 5.76 Å². The number of piperidine rings is 1. The number of carbonyl (C=O) groups excluding carboxylic acids is 2. The van der Waals surface area contributed by atoms with E-state index in [2.05, 4.69) is 4.90 Å². The molecule has 1 fully saturated rings. The molecule has 0 saturated carbocycles. The largest absolute Gasteiger partial charge is 0.493 e. The van der Waals surface area contributed by atoms with Crippen LogP contribution in [-0.2, 0) is 35.7 Å². The van der Waals surface area contributed by atoms with Crippen LogP contribution in [0.25, 0.3) is 0 Å². The number of hydrogen-bond donors (Lipinski definition) is 2. The second-order valence-corrected chi connectivity index (χ2v) is 10.9. The Kier molecular flexibility index (Phi) is 6.35. The van der Waals surface area contributed by atoms with Crippen molar-refractivity contribution in [2.24, 2.45) is 0 Å². The van der Waals surface area contributed by atoms with Crippen LogP contribution in [0, 0.1) is 0 Å². The van der Waals surface area contributed by atoms with Crippen molar-refractivity contribution in [1.82, 2.24) is 4.90 Å². The summed E-state index contributed by atoms with van der Waals surface area (Å²) < 4.78 is 23.5. The SMILES string of the molecule is COc1ccc2c3c1OC1C(OC(=O)[C@@H](OC(=O)CCC(=O)O)c4ccccc4)=CC[C@@]4(O)[C@@H](C2)N(C)CCC314. The minimum absolute atomic E-state index is 0.153. The summed E-state index contributed by atoms with van der Waals surface area (Å²) in [5.41, 5.74) is 0.352. The fourth-order valence-corrected chi connectivity index (χ4v) is 7.04. The van der Waals surface area contributed by atoms with Crippen LogP contribution in [0.4, 0.5) is 0 Å². The van der Waals surface area contributed by atoms with Crippen molar-refractivity contribution in [1.29, 1.82) is 0 Å². The maximum atomic E-state index is 13.6. The monoisotopic (exact) mass is 549 g/mol. The van der Waals surface area contributed by atoms with Crippen LogP contribution in [0.5, 0.6) is 11.5 Å². The molecule has 6 rings (SSSR count). The lowest BCUT2D eigenvalue weighted by atomic mass is 9.50. The Labute approximate surface area is 231 Å². The van der Waals surface area contributed by atoms with Crippen molar-refractivity contribution in [3.05, 3.63) is 71.0 Å². The van der Waals surface area contributed by atoms with Gasteiger partial charge in [-0.25, -0.2) is 4.79 Å². The van der Waals surface area contributed by atoms with E-state index in [-0.39, 0.29) is 24.6 Å². The van der Waals surface area contributed by atoms with Gasteiger partial charge in [0.2, 0.25) is 6.10 Å². The molecule has 2 aliphatic heterocycles. The number of methoxy groups -OCH3 is 1. The van der Waals surface area contributed by atoms with Gasteiger partial charge in [-0.1, -0.05) is 36.4 Å². The standard InChI is InChI=1S/C30H31NO9/c1-31-15-14-29-24-18-8-9-19(37-2)26(24)40-27(29)20(12-13-30(29,36)21(31)16-18)38-28(35)25(17-6-4-3-5-7-17)39-23(34)11-10-22(32)33/h3-9,12,21,25,27,36H,10-11,13-16H2,1-2H3,(H,32,33)/t21-,25+,27?,29?,30-/m1/s1. The number of esters is 2. The van der Waals surface area contributed by atoms with E-state index in [1.807, 2.05) is 19.2 Å². The normalized spacial score (nSPS) is 28.4. The van der Waals surface area contributed by atoms with Gasteiger partial charge in [-0.2, -0.15) is 0 Å². The topological polar surface area (TPSA) is 132 Å². The molecule has 2 aromatic carbocycles. The summed E-state index contributed by atoms with van der Waals surface area (Å²) in [5, 5.41) is 21.3. The molecule has 2 aliphatic carbocycles. The van der Waals surface area contributed by atoms with Crippen molar-refractivity contribution in [3.63, 3.8) is 0 Å². The van der Waals surface area contributed by atoms with Gasteiger partial charge in [-0.3, -0.25) is 9.59 Å². The third-order valence-electron chi connectivity index (χ3n) is 8.89. The number of likely N-dealkylation sites (tertiary alicyclic amines) is 1. The minimum atomic E-state index is -1.41. The lowest BCUT2D eigenvalue weighted by Gasteiger charge is -2.61. The number of aliphatic hydroxyl groups is 1. The van der Waals surface area contributed by atoms with Crippen molar-refractivity contribution in [2.75, 3.05) is 20.7 Å². The maximum absolute atomic E-state index is 13.6. The molecule has 0 radical (unpaired) electrons. The average molecular weight is 550 g/mol. The number of aliphatic carboxylic acids is 1. The van der Waals surface area contributed by atoms with Crippen LogP contribution in [-0.4, -0.2) is 71.5 Å². The summed E-state index contributed by atoms with van der Waals surface area (Å²) >= 11 is 0. The summed E-state index contributed by atoms with van der Waals surface area (Å²) in [6.07, 6.45) is 0.166. The third kappa shape index (κ3) is 3.81. The van der Waals surface area contributed by atoms with E-state index in [0.717, 1.165) is 17.7 Å². The number of benzene rings is 2. The fourth-order valence-electron chi connectivity index (χ4n) is 7.04. The highest BCUT2D eigenvalue weighted by Gasteiger charge is 2.72. The van der Waals surface area contributed by atoms with Gasteiger partial charge in [-0.15, -0.1) is 0 Å². The maximum Gasteiger partial charge on any atom is 0.357 e. The summed E-state index contributed by atoms with van der Waals surface area (Å²) in [5.74, 6) is -1.48. The number of carbonyl (C=O) groups is 3. The highest BCUT2D eigenvalue weighted by atomic mass is 16.6. The van der Waals surface area contributed by atoms with Crippen LogP contribution in [0.2, 0.25) is 0 Å². The number of carboxylic acid groups (broad SMARTS) is 1. The van der Waals surface area contributed by atoms with Crippen LogP contribution < -0.4 is 9.47 Å². The Morgan fingerprint density at radius 1 is 1.15 bits per heavy atom. The zero-order valence-corrected chi connectivity index (χ0v) is 22.3. The number of rotatable bonds is 8. The molecule has 40 heavy (non-hydrogen) atoms. The van der Waals surface area contributed by atoms with Crippen LogP contribution in [0.15, 0.2) is 54.3 Å². The van der Waals surface area contributed by atoms with Gasteiger partial charge >= 0.3 is 17.9 Å². The Morgan fingerprint density at radius 2 is 1.93 bits per heavy atom.